The Morgan fingerprint density at radius 1 is 0.682 bits per heavy atom. The molecule has 5 atom stereocenters. The molecule has 0 radical (unpaired) electrons. The Hall–Kier alpha value is -2.27. The van der Waals surface area contributed by atoms with E-state index in [1.54, 1.807) is 0 Å². The van der Waals surface area contributed by atoms with Gasteiger partial charge in [-0.3, -0.25) is 4.90 Å². The number of carbonyl (C=O) groups is 3. The topological polar surface area (TPSA) is 109 Å². The monoisotopic (exact) mass is 615 g/mol. The number of nitrogens with zero attached hydrogens (tertiary/aromatic N) is 4. The van der Waals surface area contributed by atoms with E-state index in [1.165, 1.54) is 38.5 Å². The van der Waals surface area contributed by atoms with Crippen LogP contribution in [0.3, 0.4) is 0 Å². The van der Waals surface area contributed by atoms with Crippen LogP contribution in [0.25, 0.3) is 0 Å². The predicted molar refractivity (Wildman–Crippen MR) is 170 cm³/mol. The van der Waals surface area contributed by atoms with Gasteiger partial charge in [-0.1, -0.05) is 25.7 Å². The molecule has 7 fully saturated rings. The van der Waals surface area contributed by atoms with E-state index in [4.69, 9.17) is 4.74 Å². The van der Waals surface area contributed by atoms with Crippen LogP contribution in [0.15, 0.2) is 0 Å². The maximum Gasteiger partial charge on any atom is 0.410 e. The minimum atomic E-state index is -0.444. The van der Waals surface area contributed by atoms with Crippen LogP contribution in [0, 0.1) is 0 Å². The second-order valence-corrected chi connectivity index (χ2v) is 15.2. The third-order valence-electron chi connectivity index (χ3n) is 11.2. The maximum absolute atomic E-state index is 12.6. The number of rotatable bonds is 3. The standard InChI is InChI=1S/C21H36N4O3.C12H21N3O/c1-21(2,3)28-20(27)24-13-10-16(14-24)23-11-8-15(9-12-23)25-18-7-5-4-6-17(18)22-19(25)26;16-12-14-10-3-1-2-4-11(10)15(12)9-5-7-13-8-6-9/h15-18H,4-14H2,1-3H3,(H,22,26);9-11,13H,1-8H2,(H,14,16)/t16?,17-,18-;10-,11-/m11/s1. The van der Waals surface area contributed by atoms with E-state index in [9.17, 15) is 14.4 Å². The fourth-order valence-corrected chi connectivity index (χ4v) is 9.01. The van der Waals surface area contributed by atoms with Crippen molar-refractivity contribution in [3.05, 3.63) is 0 Å². The summed E-state index contributed by atoms with van der Waals surface area (Å²) in [5.41, 5.74) is -0.444. The van der Waals surface area contributed by atoms with Crippen molar-refractivity contribution in [1.82, 2.24) is 35.6 Å². The molecule has 5 heterocycles. The number of amides is 5. The first-order valence-corrected chi connectivity index (χ1v) is 17.8. The normalized spacial score (nSPS) is 33.7. The van der Waals surface area contributed by atoms with Crippen molar-refractivity contribution < 1.29 is 19.1 Å². The molecule has 3 N–H and O–H groups in total. The second-order valence-electron chi connectivity index (χ2n) is 15.2. The van der Waals surface area contributed by atoms with Crippen molar-refractivity contribution in [2.75, 3.05) is 39.3 Å². The highest BCUT2D eigenvalue weighted by molar-refractivity contribution is 5.78. The van der Waals surface area contributed by atoms with Gasteiger partial charge in [0.1, 0.15) is 5.60 Å². The molecule has 7 aliphatic rings. The smallest absolute Gasteiger partial charge is 0.410 e. The zero-order chi connectivity index (χ0) is 30.8. The fraction of sp³-hybridized carbons (Fsp3) is 0.909. The molecule has 0 aromatic heterocycles. The average molecular weight is 616 g/mol. The number of likely N-dealkylation sites (tertiary alicyclic amines) is 2. The zero-order valence-electron chi connectivity index (χ0n) is 27.4. The van der Waals surface area contributed by atoms with Gasteiger partial charge in [0.15, 0.2) is 0 Å². The van der Waals surface area contributed by atoms with E-state index in [1.807, 2.05) is 25.7 Å². The number of hydrogen-bond acceptors (Lipinski definition) is 6. The Morgan fingerprint density at radius 2 is 1.18 bits per heavy atom. The first-order chi connectivity index (χ1) is 21.2. The van der Waals surface area contributed by atoms with Crippen molar-refractivity contribution in [3.8, 4) is 0 Å². The van der Waals surface area contributed by atoms with E-state index >= 15 is 0 Å². The zero-order valence-corrected chi connectivity index (χ0v) is 27.4. The molecule has 7 rings (SSSR count). The lowest BCUT2D eigenvalue weighted by Gasteiger charge is -2.42. The summed E-state index contributed by atoms with van der Waals surface area (Å²) in [6.45, 7) is 11.4. The molecule has 11 nitrogen and oxygen atoms in total. The van der Waals surface area contributed by atoms with E-state index in [2.05, 4.69) is 30.7 Å². The van der Waals surface area contributed by atoms with Crippen LogP contribution >= 0.6 is 0 Å². The summed E-state index contributed by atoms with van der Waals surface area (Å²) in [5, 5.41) is 9.76. The number of nitrogens with one attached hydrogen (secondary N) is 3. The molecule has 2 aliphatic carbocycles. The Bertz CT molecular complexity index is 1020. The van der Waals surface area contributed by atoms with Crippen LogP contribution in [-0.4, -0.2) is 125 Å². The molecule has 2 saturated carbocycles. The van der Waals surface area contributed by atoms with Crippen LogP contribution in [0.1, 0.15) is 104 Å². The Morgan fingerprint density at radius 3 is 1.73 bits per heavy atom. The Balaban J connectivity index is 0.000000181. The van der Waals surface area contributed by atoms with Gasteiger partial charge in [0, 0.05) is 44.3 Å². The quantitative estimate of drug-likeness (QED) is 0.445. The molecule has 0 spiro atoms. The van der Waals surface area contributed by atoms with Crippen LogP contribution in [0.4, 0.5) is 14.4 Å². The highest BCUT2D eigenvalue weighted by Gasteiger charge is 2.46. The lowest BCUT2D eigenvalue weighted by atomic mass is 9.89. The largest absolute Gasteiger partial charge is 0.444 e. The van der Waals surface area contributed by atoms with E-state index < -0.39 is 5.60 Å². The lowest BCUT2D eigenvalue weighted by Crippen LogP contribution is -2.52. The summed E-state index contributed by atoms with van der Waals surface area (Å²) >= 11 is 0. The summed E-state index contributed by atoms with van der Waals surface area (Å²) in [5.74, 6) is 0. The van der Waals surface area contributed by atoms with Crippen LogP contribution < -0.4 is 16.0 Å². The number of ether oxygens (including phenoxy) is 1. The summed E-state index contributed by atoms with van der Waals surface area (Å²) in [6, 6.07) is 3.34. The third-order valence-corrected chi connectivity index (χ3v) is 11.2. The number of fused-ring (bicyclic) bond motifs is 2. The van der Waals surface area contributed by atoms with E-state index in [-0.39, 0.29) is 18.2 Å². The van der Waals surface area contributed by atoms with Gasteiger partial charge in [-0.15, -0.1) is 0 Å². The first-order valence-electron chi connectivity index (χ1n) is 17.8. The molecular formula is C33H57N7O4. The van der Waals surface area contributed by atoms with Gasteiger partial charge in [-0.2, -0.15) is 0 Å². The number of carbonyl (C=O) groups excluding carboxylic acids is 3. The highest BCUT2D eigenvalue weighted by Crippen LogP contribution is 2.34. The summed E-state index contributed by atoms with van der Waals surface area (Å²) in [4.78, 5) is 45.6. The highest BCUT2D eigenvalue weighted by atomic mass is 16.6. The van der Waals surface area contributed by atoms with Crippen LogP contribution in [0.2, 0.25) is 0 Å². The average Bonchev–Trinajstić information content (AvgIpc) is 3.72. The first kappa shape index (κ1) is 31.7. The molecule has 248 valence electrons. The van der Waals surface area contributed by atoms with Crippen LogP contribution in [0.5, 0.6) is 0 Å². The van der Waals surface area contributed by atoms with Gasteiger partial charge in [0.05, 0.1) is 24.2 Å². The summed E-state index contributed by atoms with van der Waals surface area (Å²) in [6.07, 6.45) is 14.9. The van der Waals surface area contributed by atoms with Crippen LogP contribution in [-0.2, 0) is 4.74 Å². The van der Waals surface area contributed by atoms with Crippen molar-refractivity contribution in [2.45, 2.75) is 152 Å². The lowest BCUT2D eigenvalue weighted by molar-refractivity contribution is 0.0268. The summed E-state index contributed by atoms with van der Waals surface area (Å²) < 4.78 is 5.52. The van der Waals surface area contributed by atoms with Gasteiger partial charge in [-0.05, 0) is 91.6 Å². The molecule has 11 heteroatoms. The minimum Gasteiger partial charge on any atom is -0.444 e. The Labute approximate surface area is 264 Å². The van der Waals surface area contributed by atoms with E-state index in [0.29, 0.717) is 42.3 Å². The van der Waals surface area contributed by atoms with Crippen molar-refractivity contribution in [1.29, 1.82) is 0 Å². The fourth-order valence-electron chi connectivity index (χ4n) is 9.01. The molecule has 0 aromatic carbocycles. The van der Waals surface area contributed by atoms with Crippen molar-refractivity contribution in [3.63, 3.8) is 0 Å². The maximum atomic E-state index is 12.6. The molecule has 1 unspecified atom stereocenters. The molecule has 5 amide bonds. The van der Waals surface area contributed by atoms with Crippen molar-refractivity contribution in [2.24, 2.45) is 0 Å². The molecule has 5 aliphatic heterocycles. The second kappa shape index (κ2) is 13.6. The van der Waals surface area contributed by atoms with Crippen molar-refractivity contribution >= 4 is 18.2 Å². The predicted octanol–water partition coefficient (Wildman–Crippen LogP) is 3.87. The third kappa shape index (κ3) is 7.08. The molecule has 44 heavy (non-hydrogen) atoms. The SMILES string of the molecule is CC(C)(C)OC(=O)N1CCC(N2CCC(N3C(=O)N[C@@H]4CCCC[C@H]43)CC2)C1.O=C1N[C@@H]2CCCC[C@H]2N1C1CCNCC1. The van der Waals surface area contributed by atoms with Gasteiger partial charge in [0.2, 0.25) is 0 Å². The molecular weight excluding hydrogens is 558 g/mol. The Kier molecular flexibility index (Phi) is 9.81. The minimum absolute atomic E-state index is 0.160. The molecule has 0 bridgehead atoms. The number of urea groups is 2. The van der Waals surface area contributed by atoms with Gasteiger partial charge < -0.3 is 35.4 Å². The summed E-state index contributed by atoms with van der Waals surface area (Å²) in [7, 11) is 0. The van der Waals surface area contributed by atoms with Gasteiger partial charge in [-0.25, -0.2) is 14.4 Å². The molecule has 0 aromatic rings. The number of piperidine rings is 2. The number of hydrogen-bond donors (Lipinski definition) is 3. The van der Waals surface area contributed by atoms with Gasteiger partial charge in [0.25, 0.3) is 0 Å². The van der Waals surface area contributed by atoms with E-state index in [0.717, 1.165) is 84.2 Å². The molecule has 5 saturated heterocycles. The van der Waals surface area contributed by atoms with Gasteiger partial charge >= 0.3 is 18.2 Å².